The number of hydrogen-bond acceptors (Lipinski definition) is 4. The predicted octanol–water partition coefficient (Wildman–Crippen LogP) is 3.67. The molecule has 0 spiro atoms. The van der Waals surface area contributed by atoms with E-state index >= 15 is 0 Å². The Morgan fingerprint density at radius 2 is 1.80 bits per heavy atom. The summed E-state index contributed by atoms with van der Waals surface area (Å²) in [6, 6.07) is 14.3. The summed E-state index contributed by atoms with van der Waals surface area (Å²) in [5.74, 6) is -0.0438. The zero-order chi connectivity index (χ0) is 24.4. The molecule has 0 saturated heterocycles. The fourth-order valence-corrected chi connectivity index (χ4v) is 5.39. The van der Waals surface area contributed by atoms with Crippen molar-refractivity contribution in [3.05, 3.63) is 75.1 Å². The molecule has 4 aromatic rings. The molecular weight excluding hydrogens is 473 g/mol. The maximum atomic E-state index is 13.3. The van der Waals surface area contributed by atoms with Crippen molar-refractivity contribution in [1.82, 2.24) is 13.7 Å². The SMILES string of the molecule is CC(C)Cn1c(=O)n(C)c(=O)c2c(SCCCC(=O)O)n(Cc3cccc4ccccc34)cc21.[NaH]. The Morgan fingerprint density at radius 1 is 1.09 bits per heavy atom. The summed E-state index contributed by atoms with van der Waals surface area (Å²) < 4.78 is 4.89. The zero-order valence-electron chi connectivity index (χ0n) is 19.7. The Labute approximate surface area is 230 Å². The monoisotopic (exact) mass is 503 g/mol. The summed E-state index contributed by atoms with van der Waals surface area (Å²) in [4.78, 5) is 37.2. The van der Waals surface area contributed by atoms with Crippen LogP contribution >= 0.6 is 11.8 Å². The molecule has 180 valence electrons. The predicted molar refractivity (Wildman–Crippen MR) is 144 cm³/mol. The first-order valence-corrected chi connectivity index (χ1v) is 12.4. The Kier molecular flexibility index (Phi) is 9.10. The van der Waals surface area contributed by atoms with Crippen molar-refractivity contribution >= 4 is 69.0 Å². The number of aliphatic carboxylic acids is 1. The van der Waals surface area contributed by atoms with Gasteiger partial charge in [-0.3, -0.25) is 18.7 Å². The van der Waals surface area contributed by atoms with E-state index in [0.29, 0.717) is 36.2 Å². The Morgan fingerprint density at radius 3 is 2.51 bits per heavy atom. The molecule has 2 aromatic carbocycles. The van der Waals surface area contributed by atoms with Gasteiger partial charge < -0.3 is 9.67 Å². The fourth-order valence-electron chi connectivity index (χ4n) is 4.29. The quantitative estimate of drug-likeness (QED) is 0.214. The van der Waals surface area contributed by atoms with Crippen LogP contribution < -0.4 is 11.2 Å². The first-order chi connectivity index (χ1) is 16.3. The van der Waals surface area contributed by atoms with Crippen LogP contribution in [0.4, 0.5) is 0 Å². The normalized spacial score (nSPS) is 11.3. The second-order valence-electron chi connectivity index (χ2n) is 8.96. The minimum absolute atomic E-state index is 0. The number of hydrogen-bond donors (Lipinski definition) is 1. The molecule has 0 amide bonds. The molecule has 0 aliphatic rings. The van der Waals surface area contributed by atoms with E-state index in [0.717, 1.165) is 21.4 Å². The van der Waals surface area contributed by atoms with Gasteiger partial charge in [0.1, 0.15) is 0 Å². The summed E-state index contributed by atoms with van der Waals surface area (Å²) in [7, 11) is 1.52. The third kappa shape index (κ3) is 5.77. The van der Waals surface area contributed by atoms with Crippen molar-refractivity contribution in [2.75, 3.05) is 5.75 Å². The number of nitrogens with zero attached hydrogens (tertiary/aromatic N) is 3. The van der Waals surface area contributed by atoms with E-state index in [1.165, 1.54) is 23.4 Å². The molecule has 2 heterocycles. The summed E-state index contributed by atoms with van der Waals surface area (Å²) in [5.41, 5.74) is 1.09. The molecule has 0 saturated carbocycles. The van der Waals surface area contributed by atoms with Gasteiger partial charge in [-0.1, -0.05) is 56.3 Å². The van der Waals surface area contributed by atoms with E-state index < -0.39 is 5.97 Å². The van der Waals surface area contributed by atoms with Gasteiger partial charge in [-0.25, -0.2) is 4.79 Å². The van der Waals surface area contributed by atoms with E-state index in [2.05, 4.69) is 24.3 Å². The number of aromatic nitrogens is 3. The molecule has 4 rings (SSSR count). The van der Waals surface area contributed by atoms with Crippen molar-refractivity contribution < 1.29 is 9.90 Å². The molecule has 2 aromatic heterocycles. The maximum absolute atomic E-state index is 13.3. The van der Waals surface area contributed by atoms with Gasteiger partial charge in [0.05, 0.1) is 15.9 Å². The summed E-state index contributed by atoms with van der Waals surface area (Å²) in [6.45, 7) is 5.12. The second-order valence-corrected chi connectivity index (χ2v) is 10.0. The standard InChI is InChI=1S/C26H29N3O4S.Na.H/c1-17(2)14-29-21-16-28(15-19-10-6-9-18-8-4-5-11-20(18)19)25(34-13-7-12-22(30)31)23(21)24(32)27(3)26(29)33;;/h4-6,8-11,16-17H,7,12-15H2,1-3H3,(H,30,31);;. The molecule has 0 aliphatic heterocycles. The molecular formula is C26H30N3NaO4S. The first-order valence-electron chi connectivity index (χ1n) is 11.4. The van der Waals surface area contributed by atoms with Crippen LogP contribution in [0.25, 0.3) is 21.7 Å². The Balaban J connectivity index is 0.00000342. The van der Waals surface area contributed by atoms with E-state index in [1.807, 2.05) is 42.8 Å². The van der Waals surface area contributed by atoms with Crippen molar-refractivity contribution in [2.45, 2.75) is 44.8 Å². The Bertz CT molecular complexity index is 1480. The summed E-state index contributed by atoms with van der Waals surface area (Å²) >= 11 is 1.48. The third-order valence-corrected chi connectivity index (χ3v) is 7.08. The molecule has 0 atom stereocenters. The van der Waals surface area contributed by atoms with Crippen LogP contribution in [0.15, 0.2) is 63.3 Å². The van der Waals surface area contributed by atoms with Gasteiger partial charge in [0.15, 0.2) is 0 Å². The van der Waals surface area contributed by atoms with E-state index in [4.69, 9.17) is 5.11 Å². The van der Waals surface area contributed by atoms with Crippen molar-refractivity contribution in [1.29, 1.82) is 0 Å². The molecule has 1 N–H and O–H groups in total. The molecule has 0 aliphatic carbocycles. The number of rotatable bonds is 9. The third-order valence-electron chi connectivity index (χ3n) is 5.88. The second kappa shape index (κ2) is 11.6. The van der Waals surface area contributed by atoms with Gasteiger partial charge in [0, 0.05) is 38.5 Å². The number of carbonyl (C=O) groups is 1. The van der Waals surface area contributed by atoms with E-state index in [-0.39, 0.29) is 53.1 Å². The average Bonchev–Trinajstić information content (AvgIpc) is 3.16. The molecule has 0 fully saturated rings. The first kappa shape index (κ1) is 27.3. The van der Waals surface area contributed by atoms with Crippen LogP contribution in [0, 0.1) is 5.92 Å². The van der Waals surface area contributed by atoms with Crippen LogP contribution in [0.5, 0.6) is 0 Å². The van der Waals surface area contributed by atoms with Crippen LogP contribution in [-0.4, -0.2) is 60.1 Å². The molecule has 7 nitrogen and oxygen atoms in total. The van der Waals surface area contributed by atoms with Crippen molar-refractivity contribution in [3.8, 4) is 0 Å². The van der Waals surface area contributed by atoms with Crippen LogP contribution in [0.1, 0.15) is 32.3 Å². The molecule has 35 heavy (non-hydrogen) atoms. The molecule has 0 bridgehead atoms. The molecule has 9 heteroatoms. The van der Waals surface area contributed by atoms with Crippen molar-refractivity contribution in [2.24, 2.45) is 13.0 Å². The van der Waals surface area contributed by atoms with Gasteiger partial charge >= 0.3 is 41.2 Å². The van der Waals surface area contributed by atoms with Gasteiger partial charge in [-0.05, 0) is 28.7 Å². The summed E-state index contributed by atoms with van der Waals surface area (Å²) in [6.07, 6.45) is 2.47. The van der Waals surface area contributed by atoms with Crippen LogP contribution in [0.2, 0.25) is 0 Å². The molecule has 0 radical (unpaired) electrons. The number of fused-ring (bicyclic) bond motifs is 2. The number of carboxylic acids is 1. The molecule has 0 unspecified atom stereocenters. The summed E-state index contributed by atoms with van der Waals surface area (Å²) in [5, 5.41) is 12.6. The topological polar surface area (TPSA) is 86.2 Å². The minimum atomic E-state index is -0.835. The number of benzene rings is 2. The number of thioether (sulfide) groups is 1. The van der Waals surface area contributed by atoms with Gasteiger partial charge in [0.2, 0.25) is 0 Å². The van der Waals surface area contributed by atoms with Crippen molar-refractivity contribution in [3.63, 3.8) is 0 Å². The van der Waals surface area contributed by atoms with Crippen LogP contribution in [0.3, 0.4) is 0 Å². The fraction of sp³-hybridized carbons (Fsp3) is 0.346. The van der Waals surface area contributed by atoms with Gasteiger partial charge in [-0.2, -0.15) is 0 Å². The average molecular weight is 504 g/mol. The van der Waals surface area contributed by atoms with E-state index in [1.54, 1.807) is 4.57 Å². The Hall–Kier alpha value is -2.26. The zero-order valence-corrected chi connectivity index (χ0v) is 20.5. The number of carboxylic acid groups (broad SMARTS) is 1. The van der Waals surface area contributed by atoms with Crippen LogP contribution in [-0.2, 0) is 24.9 Å². The van der Waals surface area contributed by atoms with Gasteiger partial charge in [0.25, 0.3) is 5.56 Å². The van der Waals surface area contributed by atoms with E-state index in [9.17, 15) is 14.4 Å². The van der Waals surface area contributed by atoms with Gasteiger partial charge in [-0.15, -0.1) is 11.8 Å².